The lowest BCUT2D eigenvalue weighted by Crippen LogP contribution is -2.41. The van der Waals surface area contributed by atoms with Gasteiger partial charge in [0.1, 0.15) is 11.6 Å². The fourth-order valence-corrected chi connectivity index (χ4v) is 3.96. The summed E-state index contributed by atoms with van der Waals surface area (Å²) in [5, 5.41) is 12.3. The van der Waals surface area contributed by atoms with E-state index in [2.05, 4.69) is 41.9 Å². The van der Waals surface area contributed by atoms with Gasteiger partial charge in [-0.25, -0.2) is 4.98 Å². The number of fused-ring (bicyclic) bond motifs is 1. The summed E-state index contributed by atoms with van der Waals surface area (Å²) in [6.07, 6.45) is 6.17. The highest BCUT2D eigenvalue weighted by Crippen LogP contribution is 2.39. The molecule has 2 aliphatic rings. The van der Waals surface area contributed by atoms with Crippen LogP contribution >= 0.6 is 0 Å². The molecule has 1 unspecified atom stereocenters. The number of methoxy groups -OCH3 is 1. The average Bonchev–Trinajstić information content (AvgIpc) is 3.53. The minimum absolute atomic E-state index is 0.206. The molecule has 0 radical (unpaired) electrons. The molecular weight excluding hydrogens is 368 g/mol. The Morgan fingerprint density at radius 2 is 1.97 bits per heavy atom. The second kappa shape index (κ2) is 7.96. The van der Waals surface area contributed by atoms with Crippen LogP contribution in [0.1, 0.15) is 36.2 Å². The number of anilines is 1. The molecule has 0 spiro atoms. The zero-order valence-electron chi connectivity index (χ0n) is 16.6. The Morgan fingerprint density at radius 1 is 1.17 bits per heavy atom. The zero-order valence-corrected chi connectivity index (χ0v) is 16.6. The highest BCUT2D eigenvalue weighted by Gasteiger charge is 2.29. The number of nitrogens with one attached hydrogen (secondary N) is 1. The molecule has 1 aliphatic carbocycles. The van der Waals surface area contributed by atoms with Crippen molar-refractivity contribution in [1.82, 2.24) is 24.5 Å². The van der Waals surface area contributed by atoms with E-state index in [1.807, 2.05) is 24.5 Å². The fourth-order valence-electron chi connectivity index (χ4n) is 3.96. The number of aromatic nitrogens is 4. The quantitative estimate of drug-likeness (QED) is 0.660. The van der Waals surface area contributed by atoms with Crippen LogP contribution in [0.3, 0.4) is 0 Å². The molecular formula is C21H26N6O2. The van der Waals surface area contributed by atoms with Crippen LogP contribution in [0.4, 0.5) is 5.82 Å². The van der Waals surface area contributed by atoms with E-state index in [4.69, 9.17) is 9.47 Å². The van der Waals surface area contributed by atoms with Gasteiger partial charge in [-0.15, -0.1) is 10.2 Å². The first-order valence-corrected chi connectivity index (χ1v) is 10.2. The van der Waals surface area contributed by atoms with Gasteiger partial charge in [0, 0.05) is 37.9 Å². The number of hydrogen-bond acceptors (Lipinski definition) is 7. The van der Waals surface area contributed by atoms with E-state index in [1.54, 1.807) is 7.11 Å². The second-order valence-electron chi connectivity index (χ2n) is 7.62. The van der Waals surface area contributed by atoms with E-state index in [-0.39, 0.29) is 6.04 Å². The summed E-state index contributed by atoms with van der Waals surface area (Å²) < 4.78 is 13.0. The minimum atomic E-state index is 0.206. The maximum absolute atomic E-state index is 5.56. The first-order valence-electron chi connectivity index (χ1n) is 10.2. The summed E-state index contributed by atoms with van der Waals surface area (Å²) in [4.78, 5) is 7.00. The van der Waals surface area contributed by atoms with Crippen LogP contribution in [0.2, 0.25) is 0 Å². The zero-order chi connectivity index (χ0) is 19.6. The molecule has 29 heavy (non-hydrogen) atoms. The molecule has 3 aromatic rings. The minimum Gasteiger partial charge on any atom is -0.497 e. The lowest BCUT2D eigenvalue weighted by Gasteiger charge is -2.35. The molecule has 1 aliphatic heterocycles. The van der Waals surface area contributed by atoms with E-state index in [9.17, 15) is 0 Å². The SMILES string of the molecule is COc1ccc(C(CNc2nccn3c(C4CC4)nnc23)N2CCOCC2)cc1. The predicted molar refractivity (Wildman–Crippen MR) is 109 cm³/mol. The Kier molecular flexibility index (Phi) is 5.03. The average molecular weight is 394 g/mol. The van der Waals surface area contributed by atoms with Gasteiger partial charge in [-0.3, -0.25) is 9.30 Å². The summed E-state index contributed by atoms with van der Waals surface area (Å²) in [7, 11) is 1.69. The van der Waals surface area contributed by atoms with Crippen molar-refractivity contribution in [3.8, 4) is 5.75 Å². The number of nitrogens with zero attached hydrogens (tertiary/aromatic N) is 5. The number of hydrogen-bond donors (Lipinski definition) is 1. The van der Waals surface area contributed by atoms with Crippen molar-refractivity contribution in [2.24, 2.45) is 0 Å². The summed E-state index contributed by atoms with van der Waals surface area (Å²) in [5.74, 6) is 3.23. The van der Waals surface area contributed by atoms with Crippen LogP contribution in [0.5, 0.6) is 5.75 Å². The molecule has 1 atom stereocenters. The summed E-state index contributed by atoms with van der Waals surface area (Å²) >= 11 is 0. The third-order valence-electron chi connectivity index (χ3n) is 5.75. The molecule has 152 valence electrons. The van der Waals surface area contributed by atoms with Gasteiger partial charge in [-0.2, -0.15) is 0 Å². The van der Waals surface area contributed by atoms with Crippen LogP contribution in [0.25, 0.3) is 5.65 Å². The van der Waals surface area contributed by atoms with Gasteiger partial charge < -0.3 is 14.8 Å². The summed E-state index contributed by atoms with van der Waals surface area (Å²) in [6, 6.07) is 8.51. The Balaban J connectivity index is 1.39. The van der Waals surface area contributed by atoms with Crippen molar-refractivity contribution in [1.29, 1.82) is 0 Å². The Labute approximate surface area is 169 Å². The van der Waals surface area contributed by atoms with E-state index in [1.165, 1.54) is 18.4 Å². The topological polar surface area (TPSA) is 76.8 Å². The molecule has 1 N–H and O–H groups in total. The first-order chi connectivity index (χ1) is 14.3. The maximum atomic E-state index is 5.56. The Hall–Kier alpha value is -2.71. The van der Waals surface area contributed by atoms with Gasteiger partial charge in [0.05, 0.1) is 26.4 Å². The molecule has 5 rings (SSSR count). The van der Waals surface area contributed by atoms with Crippen molar-refractivity contribution < 1.29 is 9.47 Å². The van der Waals surface area contributed by atoms with Crippen molar-refractivity contribution in [2.45, 2.75) is 24.8 Å². The molecule has 1 saturated carbocycles. The fraction of sp³-hybridized carbons (Fsp3) is 0.476. The van der Waals surface area contributed by atoms with E-state index in [0.717, 1.165) is 55.9 Å². The van der Waals surface area contributed by atoms with Crippen LogP contribution in [-0.4, -0.2) is 64.4 Å². The van der Waals surface area contributed by atoms with Crippen LogP contribution in [0, 0.1) is 0 Å². The van der Waals surface area contributed by atoms with Gasteiger partial charge in [0.25, 0.3) is 0 Å². The number of benzene rings is 1. The number of ether oxygens (including phenoxy) is 2. The summed E-state index contributed by atoms with van der Waals surface area (Å²) in [5.41, 5.74) is 2.04. The van der Waals surface area contributed by atoms with Crippen LogP contribution in [-0.2, 0) is 4.74 Å². The van der Waals surface area contributed by atoms with Gasteiger partial charge in [0.15, 0.2) is 5.82 Å². The number of rotatable bonds is 7. The molecule has 1 aromatic carbocycles. The lowest BCUT2D eigenvalue weighted by atomic mass is 10.0. The largest absolute Gasteiger partial charge is 0.497 e. The van der Waals surface area contributed by atoms with E-state index >= 15 is 0 Å². The van der Waals surface area contributed by atoms with Gasteiger partial charge in [-0.05, 0) is 30.5 Å². The Bertz CT molecular complexity index is 963. The maximum Gasteiger partial charge on any atom is 0.203 e. The lowest BCUT2D eigenvalue weighted by molar-refractivity contribution is 0.0187. The van der Waals surface area contributed by atoms with Gasteiger partial charge >= 0.3 is 0 Å². The summed E-state index contributed by atoms with van der Waals surface area (Å²) in [6.45, 7) is 4.06. The van der Waals surface area contributed by atoms with E-state index < -0.39 is 0 Å². The highest BCUT2D eigenvalue weighted by molar-refractivity contribution is 5.62. The van der Waals surface area contributed by atoms with Crippen molar-refractivity contribution in [3.05, 3.63) is 48.0 Å². The van der Waals surface area contributed by atoms with Crippen molar-refractivity contribution in [3.63, 3.8) is 0 Å². The van der Waals surface area contributed by atoms with Crippen LogP contribution in [0.15, 0.2) is 36.7 Å². The van der Waals surface area contributed by atoms with Crippen molar-refractivity contribution >= 4 is 11.5 Å². The standard InChI is InChI=1S/C21H26N6O2/c1-28-17-6-4-15(5-7-17)18(26-10-12-29-13-11-26)14-23-19-21-25-24-20(16-2-3-16)27(21)9-8-22-19/h4-9,16,18H,2-3,10-14H2,1H3,(H,22,23). The monoisotopic (exact) mass is 394 g/mol. The van der Waals surface area contributed by atoms with Gasteiger partial charge in [0.2, 0.25) is 5.65 Å². The normalized spacial score (nSPS) is 18.7. The predicted octanol–water partition coefficient (Wildman–Crippen LogP) is 2.50. The smallest absolute Gasteiger partial charge is 0.203 e. The second-order valence-corrected chi connectivity index (χ2v) is 7.62. The molecule has 8 heteroatoms. The molecule has 3 heterocycles. The highest BCUT2D eigenvalue weighted by atomic mass is 16.5. The molecule has 8 nitrogen and oxygen atoms in total. The third kappa shape index (κ3) is 3.77. The molecule has 1 saturated heterocycles. The van der Waals surface area contributed by atoms with E-state index in [0.29, 0.717) is 5.92 Å². The number of morpholine rings is 1. The van der Waals surface area contributed by atoms with Crippen LogP contribution < -0.4 is 10.1 Å². The molecule has 2 aromatic heterocycles. The van der Waals surface area contributed by atoms with Gasteiger partial charge in [-0.1, -0.05) is 12.1 Å². The first kappa shape index (κ1) is 18.3. The van der Waals surface area contributed by atoms with Crippen molar-refractivity contribution in [2.75, 3.05) is 45.3 Å². The molecule has 2 fully saturated rings. The third-order valence-corrected chi connectivity index (χ3v) is 5.75. The Morgan fingerprint density at radius 3 is 2.69 bits per heavy atom. The molecule has 0 amide bonds. The molecule has 0 bridgehead atoms.